The molecule has 1 rings (SSSR count). The molecule has 0 bridgehead atoms. The molecule has 1 saturated heterocycles. The number of rotatable bonds is 3. The minimum absolute atomic E-state index is 0.322. The Morgan fingerprint density at radius 2 is 1.72 bits per heavy atom. The van der Waals surface area contributed by atoms with Gasteiger partial charge in [-0.25, -0.2) is 0 Å². The van der Waals surface area contributed by atoms with Crippen LogP contribution in [0.15, 0.2) is 0 Å². The topological polar surface area (TPSA) is 123 Å². The number of aliphatic hydroxyl groups excluding tert-OH is 3. The summed E-state index contributed by atoms with van der Waals surface area (Å²) in [5.41, 5.74) is 0. The first kappa shape index (κ1) is 14.8. The third kappa shape index (κ3) is 3.64. The molecule has 1 fully saturated rings. The lowest BCUT2D eigenvalue weighted by atomic mass is 9.99. The van der Waals surface area contributed by atoms with Gasteiger partial charge >= 0.3 is 11.9 Å². The molecule has 1 aliphatic heterocycles. The Labute approximate surface area is 103 Å². The monoisotopic (exact) mass is 264 g/mol. The normalized spacial score (nSPS) is 35.9. The number of aliphatic hydroxyl groups is 3. The van der Waals surface area contributed by atoms with Crippen LogP contribution in [0.1, 0.15) is 13.8 Å². The standard InChI is InChI=1S/C10H16O8/c1-4(11)16-3-6-7(13)8(14)9(10(15)18-6)17-5(2)12/h6-10,13-15H,3H2,1-2H3/t6?,7-,8+,9?,10-/m1/s1. The molecule has 0 aromatic rings. The van der Waals surface area contributed by atoms with E-state index in [2.05, 4.69) is 9.47 Å². The second kappa shape index (κ2) is 6.10. The zero-order chi connectivity index (χ0) is 13.9. The van der Waals surface area contributed by atoms with Crippen molar-refractivity contribution < 1.29 is 39.1 Å². The van der Waals surface area contributed by atoms with Gasteiger partial charge < -0.3 is 29.5 Å². The SMILES string of the molecule is CC(=O)OCC1O[C@@H](O)C(OC(C)=O)[C@@H](O)[C@@H]1O. The first-order valence-corrected chi connectivity index (χ1v) is 5.33. The van der Waals surface area contributed by atoms with E-state index >= 15 is 0 Å². The molecule has 0 aliphatic carbocycles. The molecule has 0 aromatic heterocycles. The van der Waals surface area contributed by atoms with Crippen molar-refractivity contribution in [3.8, 4) is 0 Å². The Balaban J connectivity index is 2.64. The number of hydrogen-bond acceptors (Lipinski definition) is 8. The van der Waals surface area contributed by atoms with E-state index in [0.717, 1.165) is 6.92 Å². The van der Waals surface area contributed by atoms with E-state index in [1.165, 1.54) is 6.92 Å². The number of carbonyl (C=O) groups is 2. The van der Waals surface area contributed by atoms with Crippen LogP contribution in [0.25, 0.3) is 0 Å². The molecule has 1 aliphatic rings. The van der Waals surface area contributed by atoms with E-state index in [-0.39, 0.29) is 6.61 Å². The van der Waals surface area contributed by atoms with E-state index < -0.39 is 42.6 Å². The van der Waals surface area contributed by atoms with E-state index in [1.54, 1.807) is 0 Å². The highest BCUT2D eigenvalue weighted by molar-refractivity contribution is 5.66. The van der Waals surface area contributed by atoms with E-state index in [9.17, 15) is 24.9 Å². The van der Waals surface area contributed by atoms with Gasteiger partial charge in [-0.3, -0.25) is 9.59 Å². The first-order chi connectivity index (χ1) is 8.32. The first-order valence-electron chi connectivity index (χ1n) is 5.33. The van der Waals surface area contributed by atoms with Crippen LogP contribution >= 0.6 is 0 Å². The average Bonchev–Trinajstić information content (AvgIpc) is 2.27. The minimum atomic E-state index is -1.60. The fourth-order valence-electron chi connectivity index (χ4n) is 1.58. The second-order valence-electron chi connectivity index (χ2n) is 3.92. The lowest BCUT2D eigenvalue weighted by Gasteiger charge is -2.39. The van der Waals surface area contributed by atoms with Crippen LogP contribution in [0.4, 0.5) is 0 Å². The van der Waals surface area contributed by atoms with Gasteiger partial charge in [0, 0.05) is 13.8 Å². The molecular weight excluding hydrogens is 248 g/mol. The molecule has 8 nitrogen and oxygen atoms in total. The molecule has 3 N–H and O–H groups in total. The molecule has 0 amide bonds. The maximum Gasteiger partial charge on any atom is 0.303 e. The van der Waals surface area contributed by atoms with Gasteiger partial charge in [-0.05, 0) is 0 Å². The Morgan fingerprint density at radius 3 is 2.22 bits per heavy atom. The van der Waals surface area contributed by atoms with Gasteiger partial charge in [0.25, 0.3) is 0 Å². The Bertz CT molecular complexity index is 315. The molecule has 1 heterocycles. The van der Waals surface area contributed by atoms with Crippen molar-refractivity contribution in [3.63, 3.8) is 0 Å². The van der Waals surface area contributed by atoms with Crippen LogP contribution in [0.2, 0.25) is 0 Å². The van der Waals surface area contributed by atoms with Gasteiger partial charge in [-0.2, -0.15) is 0 Å². The summed E-state index contributed by atoms with van der Waals surface area (Å²) in [5.74, 6) is -1.32. The highest BCUT2D eigenvalue weighted by Gasteiger charge is 2.46. The van der Waals surface area contributed by atoms with Crippen molar-refractivity contribution in [3.05, 3.63) is 0 Å². The summed E-state index contributed by atoms with van der Waals surface area (Å²) in [6, 6.07) is 0. The summed E-state index contributed by atoms with van der Waals surface area (Å²) in [6.07, 6.45) is -7.06. The molecule has 18 heavy (non-hydrogen) atoms. The van der Waals surface area contributed by atoms with Gasteiger partial charge in [-0.15, -0.1) is 0 Å². The maximum atomic E-state index is 10.8. The van der Waals surface area contributed by atoms with Crippen molar-refractivity contribution >= 4 is 11.9 Å². The van der Waals surface area contributed by atoms with Crippen molar-refractivity contribution in [2.75, 3.05) is 6.61 Å². The molecule has 0 saturated carbocycles. The van der Waals surface area contributed by atoms with E-state index in [1.807, 2.05) is 0 Å². The highest BCUT2D eigenvalue weighted by Crippen LogP contribution is 2.22. The van der Waals surface area contributed by atoms with Crippen LogP contribution in [-0.4, -0.2) is 64.6 Å². The summed E-state index contributed by atoms with van der Waals surface area (Å²) >= 11 is 0. The smallest absolute Gasteiger partial charge is 0.303 e. The largest absolute Gasteiger partial charge is 0.463 e. The summed E-state index contributed by atoms with van der Waals surface area (Å²) < 4.78 is 14.2. The lowest BCUT2D eigenvalue weighted by molar-refractivity contribution is -0.291. The summed E-state index contributed by atoms with van der Waals surface area (Å²) in [4.78, 5) is 21.4. The summed E-state index contributed by atoms with van der Waals surface area (Å²) in [7, 11) is 0. The van der Waals surface area contributed by atoms with Crippen molar-refractivity contribution in [1.29, 1.82) is 0 Å². The van der Waals surface area contributed by atoms with E-state index in [4.69, 9.17) is 4.74 Å². The third-order valence-corrected chi connectivity index (χ3v) is 2.42. The molecule has 5 atom stereocenters. The number of esters is 2. The molecular formula is C10H16O8. The van der Waals surface area contributed by atoms with Gasteiger partial charge in [0.2, 0.25) is 0 Å². The van der Waals surface area contributed by atoms with Crippen molar-refractivity contribution in [2.24, 2.45) is 0 Å². The van der Waals surface area contributed by atoms with Crippen LogP contribution in [0.3, 0.4) is 0 Å². The zero-order valence-electron chi connectivity index (χ0n) is 9.98. The second-order valence-corrected chi connectivity index (χ2v) is 3.92. The van der Waals surface area contributed by atoms with Gasteiger partial charge in [0.1, 0.15) is 24.9 Å². The number of hydrogen-bond donors (Lipinski definition) is 3. The summed E-state index contributed by atoms with van der Waals surface area (Å²) in [5, 5.41) is 28.9. The molecule has 8 heteroatoms. The highest BCUT2D eigenvalue weighted by atomic mass is 16.7. The minimum Gasteiger partial charge on any atom is -0.463 e. The van der Waals surface area contributed by atoms with Gasteiger partial charge in [0.05, 0.1) is 0 Å². The summed E-state index contributed by atoms with van der Waals surface area (Å²) in [6.45, 7) is 1.94. The quantitative estimate of drug-likeness (QED) is 0.496. The Hall–Kier alpha value is -1.22. The zero-order valence-corrected chi connectivity index (χ0v) is 9.98. The van der Waals surface area contributed by atoms with Crippen LogP contribution in [0, 0.1) is 0 Å². The van der Waals surface area contributed by atoms with Crippen LogP contribution < -0.4 is 0 Å². The fraction of sp³-hybridized carbons (Fsp3) is 0.800. The molecule has 0 aromatic carbocycles. The predicted octanol–water partition coefficient (Wildman–Crippen LogP) is -2.08. The fourth-order valence-corrected chi connectivity index (χ4v) is 1.58. The Morgan fingerprint density at radius 1 is 1.11 bits per heavy atom. The third-order valence-electron chi connectivity index (χ3n) is 2.42. The van der Waals surface area contributed by atoms with Crippen molar-refractivity contribution in [1.82, 2.24) is 0 Å². The predicted molar refractivity (Wildman–Crippen MR) is 55.1 cm³/mol. The molecule has 2 unspecified atom stereocenters. The van der Waals surface area contributed by atoms with Gasteiger partial charge in [0.15, 0.2) is 12.4 Å². The lowest BCUT2D eigenvalue weighted by Crippen LogP contribution is -2.59. The average molecular weight is 264 g/mol. The maximum absolute atomic E-state index is 10.8. The molecule has 0 radical (unpaired) electrons. The number of carbonyl (C=O) groups excluding carboxylic acids is 2. The number of ether oxygens (including phenoxy) is 3. The van der Waals surface area contributed by atoms with Crippen LogP contribution in [0.5, 0.6) is 0 Å². The van der Waals surface area contributed by atoms with E-state index in [0.29, 0.717) is 0 Å². The molecule has 0 spiro atoms. The Kier molecular flexibility index (Phi) is 5.03. The van der Waals surface area contributed by atoms with Crippen molar-refractivity contribution in [2.45, 2.75) is 44.6 Å². The molecule has 104 valence electrons. The van der Waals surface area contributed by atoms with Gasteiger partial charge in [-0.1, -0.05) is 0 Å². The van der Waals surface area contributed by atoms with Crippen LogP contribution in [-0.2, 0) is 23.8 Å².